The molecule has 0 aliphatic carbocycles. The van der Waals surface area contributed by atoms with E-state index in [0.29, 0.717) is 13.0 Å². The lowest BCUT2D eigenvalue weighted by Crippen LogP contribution is -2.10. The van der Waals surface area contributed by atoms with Crippen LogP contribution in [0.2, 0.25) is 0 Å². The summed E-state index contributed by atoms with van der Waals surface area (Å²) in [6.45, 7) is 0.328. The van der Waals surface area contributed by atoms with Crippen molar-refractivity contribution >= 4 is 0 Å². The van der Waals surface area contributed by atoms with Crippen LogP contribution in [0.3, 0.4) is 0 Å². The summed E-state index contributed by atoms with van der Waals surface area (Å²) in [5.74, 6) is 4.96. The van der Waals surface area contributed by atoms with Crippen molar-refractivity contribution in [1.82, 2.24) is 4.98 Å². The Hall–Kier alpha value is -1.54. The van der Waals surface area contributed by atoms with Gasteiger partial charge in [0, 0.05) is 19.2 Å². The van der Waals surface area contributed by atoms with E-state index in [2.05, 4.69) is 16.8 Å². The number of pyridine rings is 1. The van der Waals surface area contributed by atoms with Gasteiger partial charge in [0.25, 0.3) is 0 Å². The largest absolute Gasteiger partial charge is 0.434 e. The molecule has 80 valence electrons. The molecule has 1 rings (SSSR count). The minimum atomic E-state index is -4.46. The molecule has 1 aromatic heterocycles. The minimum Gasteiger partial charge on any atom is -0.330 e. The Morgan fingerprint density at radius 2 is 2.13 bits per heavy atom. The molecule has 0 aliphatic rings. The molecule has 0 atom stereocenters. The van der Waals surface area contributed by atoms with Crippen LogP contribution in [0.5, 0.6) is 0 Å². The molecule has 0 aromatic carbocycles. The molecular formula is C10H9F3N2. The number of aromatic nitrogens is 1. The van der Waals surface area contributed by atoms with E-state index in [1.165, 1.54) is 12.1 Å². The first kappa shape index (κ1) is 11.5. The minimum absolute atomic E-state index is 0.113. The Balaban J connectivity index is 3.04. The first-order chi connectivity index (χ1) is 7.05. The summed E-state index contributed by atoms with van der Waals surface area (Å²) < 4.78 is 37.2. The maximum atomic E-state index is 12.4. The van der Waals surface area contributed by atoms with Gasteiger partial charge in [-0.25, -0.2) is 0 Å². The van der Waals surface area contributed by atoms with Gasteiger partial charge in [-0.05, 0) is 12.1 Å². The molecular weight excluding hydrogens is 205 g/mol. The van der Waals surface area contributed by atoms with Crippen LogP contribution in [-0.2, 0) is 6.18 Å². The Morgan fingerprint density at radius 3 is 2.73 bits per heavy atom. The predicted octanol–water partition coefficient (Wildman–Crippen LogP) is 1.80. The van der Waals surface area contributed by atoms with Crippen LogP contribution in [-0.4, -0.2) is 11.5 Å². The molecule has 0 aliphatic heterocycles. The van der Waals surface area contributed by atoms with Crippen molar-refractivity contribution in [2.24, 2.45) is 5.73 Å². The third-order valence-electron chi connectivity index (χ3n) is 1.57. The summed E-state index contributed by atoms with van der Waals surface area (Å²) in [7, 11) is 0. The predicted molar refractivity (Wildman–Crippen MR) is 49.8 cm³/mol. The molecule has 0 saturated carbocycles. The smallest absolute Gasteiger partial charge is 0.330 e. The van der Waals surface area contributed by atoms with Crippen molar-refractivity contribution in [1.29, 1.82) is 0 Å². The molecule has 0 radical (unpaired) electrons. The summed E-state index contributed by atoms with van der Waals surface area (Å²) in [4.78, 5) is 3.27. The highest BCUT2D eigenvalue weighted by atomic mass is 19.4. The number of hydrogen-bond acceptors (Lipinski definition) is 2. The maximum absolute atomic E-state index is 12.4. The van der Waals surface area contributed by atoms with Crippen molar-refractivity contribution < 1.29 is 13.2 Å². The summed E-state index contributed by atoms with van der Waals surface area (Å²) in [5, 5.41) is 0. The van der Waals surface area contributed by atoms with Gasteiger partial charge in [0.05, 0.1) is 5.56 Å². The van der Waals surface area contributed by atoms with Gasteiger partial charge in [-0.3, -0.25) is 4.98 Å². The number of nitrogens with two attached hydrogens (primary N) is 1. The Labute approximate surface area is 85.3 Å². The highest BCUT2D eigenvalue weighted by Crippen LogP contribution is 2.29. The first-order valence-electron chi connectivity index (χ1n) is 4.27. The van der Waals surface area contributed by atoms with Crippen LogP contribution >= 0.6 is 0 Å². The third-order valence-corrected chi connectivity index (χ3v) is 1.57. The number of hydrogen-bond donors (Lipinski definition) is 1. The molecule has 2 N–H and O–H groups in total. The van der Waals surface area contributed by atoms with Crippen LogP contribution < -0.4 is 5.73 Å². The van der Waals surface area contributed by atoms with Crippen molar-refractivity contribution in [2.45, 2.75) is 12.6 Å². The van der Waals surface area contributed by atoms with E-state index in [-0.39, 0.29) is 5.56 Å². The summed E-state index contributed by atoms with van der Waals surface area (Å²) in [6, 6.07) is 2.71. The molecule has 0 saturated heterocycles. The quantitative estimate of drug-likeness (QED) is 0.724. The Kier molecular flexibility index (Phi) is 3.69. The normalized spacial score (nSPS) is 10.7. The highest BCUT2D eigenvalue weighted by Gasteiger charge is 2.34. The first-order valence-corrected chi connectivity index (χ1v) is 4.27. The van der Waals surface area contributed by atoms with E-state index in [9.17, 15) is 13.2 Å². The SMILES string of the molecule is NCCC#Cc1cccnc1C(F)(F)F. The van der Waals surface area contributed by atoms with Crippen LogP contribution in [0.1, 0.15) is 17.7 Å². The lowest BCUT2D eigenvalue weighted by Gasteiger charge is -2.06. The molecule has 1 heterocycles. The topological polar surface area (TPSA) is 38.9 Å². The van der Waals surface area contributed by atoms with Crippen molar-refractivity contribution in [3.63, 3.8) is 0 Å². The molecule has 15 heavy (non-hydrogen) atoms. The van der Waals surface area contributed by atoms with E-state index in [1.807, 2.05) is 0 Å². The van der Waals surface area contributed by atoms with Crippen molar-refractivity contribution in [3.05, 3.63) is 29.6 Å². The third kappa shape index (κ3) is 3.26. The second kappa shape index (κ2) is 4.80. The molecule has 5 heteroatoms. The lowest BCUT2D eigenvalue weighted by molar-refractivity contribution is -0.141. The second-order valence-electron chi connectivity index (χ2n) is 2.74. The van der Waals surface area contributed by atoms with Gasteiger partial charge in [0.2, 0.25) is 0 Å². The fraction of sp³-hybridized carbons (Fsp3) is 0.300. The van der Waals surface area contributed by atoms with Crippen molar-refractivity contribution in [3.8, 4) is 11.8 Å². The molecule has 0 bridgehead atoms. The average Bonchev–Trinajstić information content (AvgIpc) is 2.17. The van der Waals surface area contributed by atoms with E-state index in [1.54, 1.807) is 0 Å². The van der Waals surface area contributed by atoms with Gasteiger partial charge >= 0.3 is 6.18 Å². The van der Waals surface area contributed by atoms with Crippen molar-refractivity contribution in [2.75, 3.05) is 6.54 Å². The molecule has 2 nitrogen and oxygen atoms in total. The summed E-state index contributed by atoms with van der Waals surface area (Å²) >= 11 is 0. The van der Waals surface area contributed by atoms with Crippen LogP contribution in [0.15, 0.2) is 18.3 Å². The average molecular weight is 214 g/mol. The zero-order chi connectivity index (χ0) is 11.3. The van der Waals surface area contributed by atoms with Gasteiger partial charge in [0.15, 0.2) is 5.69 Å². The standard InChI is InChI=1S/C10H9F3N2/c11-10(12,13)9-8(4-1-2-6-14)5-3-7-15-9/h3,5,7H,2,6,14H2. The molecule has 0 unspecified atom stereocenters. The van der Waals surface area contributed by atoms with E-state index >= 15 is 0 Å². The molecule has 0 spiro atoms. The van der Waals surface area contributed by atoms with Crippen LogP contribution in [0, 0.1) is 11.8 Å². The van der Waals surface area contributed by atoms with E-state index < -0.39 is 11.9 Å². The van der Waals surface area contributed by atoms with Gasteiger partial charge in [-0.1, -0.05) is 11.8 Å². The fourth-order valence-electron chi connectivity index (χ4n) is 0.962. The monoisotopic (exact) mass is 214 g/mol. The second-order valence-corrected chi connectivity index (χ2v) is 2.74. The number of rotatable bonds is 1. The van der Waals surface area contributed by atoms with Gasteiger partial charge in [0.1, 0.15) is 0 Å². The zero-order valence-electron chi connectivity index (χ0n) is 7.80. The summed E-state index contributed by atoms with van der Waals surface area (Å²) in [6.07, 6.45) is -3.00. The molecule has 0 fully saturated rings. The zero-order valence-corrected chi connectivity index (χ0v) is 7.80. The maximum Gasteiger partial charge on any atom is 0.434 e. The van der Waals surface area contributed by atoms with Gasteiger partial charge < -0.3 is 5.73 Å². The van der Waals surface area contributed by atoms with Gasteiger partial charge in [-0.2, -0.15) is 13.2 Å². The Morgan fingerprint density at radius 1 is 1.40 bits per heavy atom. The van der Waals surface area contributed by atoms with Gasteiger partial charge in [-0.15, -0.1) is 0 Å². The highest BCUT2D eigenvalue weighted by molar-refractivity contribution is 5.38. The van der Waals surface area contributed by atoms with Crippen LogP contribution in [0.25, 0.3) is 0 Å². The summed E-state index contributed by atoms with van der Waals surface area (Å²) in [5.41, 5.74) is 4.11. The number of alkyl halides is 3. The Bertz CT molecular complexity index is 388. The molecule has 1 aromatic rings. The van der Waals surface area contributed by atoms with E-state index in [4.69, 9.17) is 5.73 Å². The fourth-order valence-corrected chi connectivity index (χ4v) is 0.962. The van der Waals surface area contributed by atoms with E-state index in [0.717, 1.165) is 6.20 Å². The lowest BCUT2D eigenvalue weighted by atomic mass is 10.2. The van der Waals surface area contributed by atoms with Crippen LogP contribution in [0.4, 0.5) is 13.2 Å². The number of nitrogens with zero attached hydrogens (tertiary/aromatic N) is 1. The number of halogens is 3. The molecule has 0 amide bonds.